The van der Waals surface area contributed by atoms with Crippen molar-refractivity contribution >= 4 is 15.9 Å². The standard InChI is InChI=1S/C28H30FN3O3S/c1-21-7-13-25(14-8-21)36(34,35)31-17-15-28(16-18-31)30-26(19-22-5-3-2-4-6-22)27(33)32(28)20-23-9-11-24(29)12-10-23/h2-14,26,30H,15-20H2,1H3. The van der Waals surface area contributed by atoms with Crippen molar-refractivity contribution in [3.63, 3.8) is 0 Å². The molecule has 2 heterocycles. The van der Waals surface area contributed by atoms with Gasteiger partial charge in [0.25, 0.3) is 0 Å². The van der Waals surface area contributed by atoms with E-state index < -0.39 is 21.7 Å². The number of piperidine rings is 1. The molecule has 0 bridgehead atoms. The molecule has 5 rings (SSSR count). The first-order chi connectivity index (χ1) is 17.3. The van der Waals surface area contributed by atoms with Crippen LogP contribution in [0.15, 0.2) is 83.8 Å². The van der Waals surface area contributed by atoms with Gasteiger partial charge in [-0.1, -0.05) is 60.2 Å². The maximum atomic E-state index is 13.6. The molecule has 0 radical (unpaired) electrons. The van der Waals surface area contributed by atoms with Crippen LogP contribution in [0.4, 0.5) is 4.39 Å². The fourth-order valence-electron chi connectivity index (χ4n) is 5.22. The van der Waals surface area contributed by atoms with E-state index in [0.29, 0.717) is 38.9 Å². The van der Waals surface area contributed by atoms with Crippen LogP contribution < -0.4 is 5.32 Å². The Morgan fingerprint density at radius 1 is 0.917 bits per heavy atom. The number of amides is 1. The van der Waals surface area contributed by atoms with Crippen LogP contribution in [0.3, 0.4) is 0 Å². The van der Waals surface area contributed by atoms with Crippen LogP contribution >= 0.6 is 0 Å². The second kappa shape index (κ2) is 9.76. The third-order valence-corrected chi connectivity index (χ3v) is 9.18. The predicted molar refractivity (Wildman–Crippen MR) is 136 cm³/mol. The molecular weight excluding hydrogens is 477 g/mol. The van der Waals surface area contributed by atoms with Gasteiger partial charge in [0.05, 0.1) is 16.6 Å². The van der Waals surface area contributed by atoms with E-state index in [1.807, 2.05) is 42.2 Å². The third kappa shape index (κ3) is 4.81. The molecule has 2 saturated heterocycles. The van der Waals surface area contributed by atoms with Crippen LogP contribution in [0.2, 0.25) is 0 Å². The van der Waals surface area contributed by atoms with E-state index in [2.05, 4.69) is 5.32 Å². The molecule has 1 spiro atoms. The lowest BCUT2D eigenvalue weighted by Crippen LogP contribution is -2.59. The normalized spacial score (nSPS) is 20.2. The summed E-state index contributed by atoms with van der Waals surface area (Å²) in [6.07, 6.45) is 1.49. The third-order valence-electron chi connectivity index (χ3n) is 7.27. The summed E-state index contributed by atoms with van der Waals surface area (Å²) in [7, 11) is -3.62. The van der Waals surface area contributed by atoms with Gasteiger partial charge in [-0.2, -0.15) is 4.31 Å². The lowest BCUT2D eigenvalue weighted by Gasteiger charge is -2.44. The summed E-state index contributed by atoms with van der Waals surface area (Å²) in [5.41, 5.74) is 2.23. The monoisotopic (exact) mass is 507 g/mol. The number of aryl methyl sites for hydroxylation is 1. The number of carbonyl (C=O) groups is 1. The molecule has 6 nitrogen and oxygen atoms in total. The average Bonchev–Trinajstić information content (AvgIpc) is 3.11. The first-order valence-corrected chi connectivity index (χ1v) is 13.7. The molecule has 8 heteroatoms. The second-order valence-electron chi connectivity index (χ2n) is 9.69. The summed E-state index contributed by atoms with van der Waals surface area (Å²) in [6.45, 7) is 2.86. The highest BCUT2D eigenvalue weighted by molar-refractivity contribution is 7.89. The minimum Gasteiger partial charge on any atom is -0.319 e. The maximum absolute atomic E-state index is 13.6. The summed E-state index contributed by atoms with van der Waals surface area (Å²) in [4.78, 5) is 15.8. The Labute approximate surface area is 211 Å². The van der Waals surface area contributed by atoms with Gasteiger partial charge < -0.3 is 4.90 Å². The smallest absolute Gasteiger partial charge is 0.243 e. The number of hydrogen-bond donors (Lipinski definition) is 1. The Morgan fingerprint density at radius 3 is 2.19 bits per heavy atom. The number of rotatable bonds is 6. The van der Waals surface area contributed by atoms with Gasteiger partial charge in [-0.3, -0.25) is 10.1 Å². The first kappa shape index (κ1) is 24.6. The van der Waals surface area contributed by atoms with E-state index in [1.54, 1.807) is 36.4 Å². The lowest BCUT2D eigenvalue weighted by molar-refractivity contribution is -0.134. The SMILES string of the molecule is Cc1ccc(S(=O)(=O)N2CCC3(CC2)NC(Cc2ccccc2)C(=O)N3Cc2ccc(F)cc2)cc1. The van der Waals surface area contributed by atoms with E-state index in [0.717, 1.165) is 16.7 Å². The molecule has 2 fully saturated rings. The van der Waals surface area contributed by atoms with Crippen LogP contribution in [-0.4, -0.2) is 48.3 Å². The van der Waals surface area contributed by atoms with Gasteiger partial charge in [0.15, 0.2) is 0 Å². The lowest BCUT2D eigenvalue weighted by atomic mass is 9.96. The minimum atomic E-state index is -3.62. The molecule has 0 aliphatic carbocycles. The summed E-state index contributed by atoms with van der Waals surface area (Å²) < 4.78 is 41.5. The van der Waals surface area contributed by atoms with Crippen molar-refractivity contribution < 1.29 is 17.6 Å². The van der Waals surface area contributed by atoms with Gasteiger partial charge in [-0.15, -0.1) is 0 Å². The van der Waals surface area contributed by atoms with Crippen LogP contribution in [-0.2, 0) is 27.8 Å². The van der Waals surface area contributed by atoms with Gasteiger partial charge in [0.1, 0.15) is 5.82 Å². The number of hydrogen-bond acceptors (Lipinski definition) is 4. The van der Waals surface area contributed by atoms with Crippen molar-refractivity contribution in [3.8, 4) is 0 Å². The molecule has 0 saturated carbocycles. The topological polar surface area (TPSA) is 69.7 Å². The molecule has 188 valence electrons. The van der Waals surface area contributed by atoms with Crippen LogP contribution in [0.25, 0.3) is 0 Å². The largest absolute Gasteiger partial charge is 0.319 e. The van der Waals surface area contributed by atoms with Crippen LogP contribution in [0.5, 0.6) is 0 Å². The van der Waals surface area contributed by atoms with Crippen molar-refractivity contribution in [2.24, 2.45) is 0 Å². The first-order valence-electron chi connectivity index (χ1n) is 12.2. The second-order valence-corrected chi connectivity index (χ2v) is 11.6. The van der Waals surface area contributed by atoms with Crippen molar-refractivity contribution in [2.45, 2.75) is 49.3 Å². The summed E-state index contributed by atoms with van der Waals surface area (Å²) in [6, 6.07) is 22.5. The quantitative estimate of drug-likeness (QED) is 0.550. The molecule has 3 aromatic carbocycles. The van der Waals surface area contributed by atoms with Gasteiger partial charge in [0.2, 0.25) is 15.9 Å². The van der Waals surface area contributed by atoms with E-state index in [1.165, 1.54) is 16.4 Å². The number of benzene rings is 3. The molecule has 1 unspecified atom stereocenters. The summed E-state index contributed by atoms with van der Waals surface area (Å²) >= 11 is 0. The van der Waals surface area contributed by atoms with Gasteiger partial charge in [0, 0.05) is 19.6 Å². The molecule has 36 heavy (non-hydrogen) atoms. The fourth-order valence-corrected chi connectivity index (χ4v) is 6.66. The Balaban J connectivity index is 1.39. The zero-order valence-electron chi connectivity index (χ0n) is 20.2. The molecular formula is C28H30FN3O3S. The fraction of sp³-hybridized carbons (Fsp3) is 0.321. The Hall–Kier alpha value is -3.07. The van der Waals surface area contributed by atoms with Crippen LogP contribution in [0, 0.1) is 12.7 Å². The van der Waals surface area contributed by atoms with Crippen molar-refractivity contribution in [1.29, 1.82) is 0 Å². The van der Waals surface area contributed by atoms with Crippen molar-refractivity contribution in [2.75, 3.05) is 13.1 Å². The van der Waals surface area contributed by atoms with Gasteiger partial charge >= 0.3 is 0 Å². The van der Waals surface area contributed by atoms with Crippen molar-refractivity contribution in [3.05, 3.63) is 101 Å². The Kier molecular flexibility index (Phi) is 6.68. The highest BCUT2D eigenvalue weighted by Gasteiger charge is 2.52. The number of carbonyl (C=O) groups excluding carboxylic acids is 1. The number of halogens is 1. The molecule has 0 aromatic heterocycles. The Morgan fingerprint density at radius 2 is 1.56 bits per heavy atom. The highest BCUT2D eigenvalue weighted by atomic mass is 32.2. The predicted octanol–water partition coefficient (Wildman–Crippen LogP) is 3.86. The van der Waals surface area contributed by atoms with Crippen molar-refractivity contribution in [1.82, 2.24) is 14.5 Å². The zero-order valence-corrected chi connectivity index (χ0v) is 21.0. The number of nitrogens with zero attached hydrogens (tertiary/aromatic N) is 2. The zero-order chi connectivity index (χ0) is 25.3. The Bertz CT molecular complexity index is 1320. The number of nitrogens with one attached hydrogen (secondary N) is 1. The molecule has 1 atom stereocenters. The highest BCUT2D eigenvalue weighted by Crippen LogP contribution is 2.36. The molecule has 1 N–H and O–H groups in total. The average molecular weight is 508 g/mol. The van der Waals surface area contributed by atoms with E-state index >= 15 is 0 Å². The van der Waals surface area contributed by atoms with Gasteiger partial charge in [-0.25, -0.2) is 12.8 Å². The molecule has 2 aliphatic rings. The molecule has 3 aromatic rings. The number of sulfonamides is 1. The summed E-state index contributed by atoms with van der Waals surface area (Å²) in [5.74, 6) is -0.339. The maximum Gasteiger partial charge on any atom is 0.243 e. The summed E-state index contributed by atoms with van der Waals surface area (Å²) in [5, 5.41) is 3.59. The van der Waals surface area contributed by atoms with Crippen LogP contribution in [0.1, 0.15) is 29.5 Å². The van der Waals surface area contributed by atoms with Gasteiger partial charge in [-0.05, 0) is 61.6 Å². The molecule has 2 aliphatic heterocycles. The minimum absolute atomic E-state index is 0.0157. The van der Waals surface area contributed by atoms with E-state index in [9.17, 15) is 17.6 Å². The van der Waals surface area contributed by atoms with E-state index in [-0.39, 0.29) is 16.6 Å². The molecule has 1 amide bonds. The van der Waals surface area contributed by atoms with E-state index in [4.69, 9.17) is 0 Å².